The zero-order valence-corrected chi connectivity index (χ0v) is 22.3. The third-order valence-electron chi connectivity index (χ3n) is 7.38. The average molecular weight is 534 g/mol. The second-order valence-electron chi connectivity index (χ2n) is 10.2. The normalized spacial score (nSPS) is 16.5. The lowest BCUT2D eigenvalue weighted by Crippen LogP contribution is -2.37. The van der Waals surface area contributed by atoms with Crippen LogP contribution in [0.2, 0.25) is 0 Å². The molecule has 4 aromatic rings. The first-order valence-corrected chi connectivity index (χ1v) is 13.2. The highest BCUT2D eigenvalue weighted by Gasteiger charge is 2.44. The van der Waals surface area contributed by atoms with E-state index in [2.05, 4.69) is 89.5 Å². The van der Waals surface area contributed by atoms with E-state index >= 15 is 0 Å². The van der Waals surface area contributed by atoms with Crippen molar-refractivity contribution < 1.29 is 9.84 Å². The van der Waals surface area contributed by atoms with Crippen molar-refractivity contribution in [3.05, 3.63) is 82.3 Å². The van der Waals surface area contributed by atoms with Gasteiger partial charge in [0.25, 0.3) is 0 Å². The van der Waals surface area contributed by atoms with E-state index in [1.165, 1.54) is 12.8 Å². The van der Waals surface area contributed by atoms with E-state index in [4.69, 9.17) is 9.72 Å². The molecule has 0 aliphatic heterocycles. The molecule has 5 rings (SSSR count). The Morgan fingerprint density at radius 1 is 1.06 bits per heavy atom. The van der Waals surface area contributed by atoms with Gasteiger partial charge in [-0.25, -0.2) is 4.98 Å². The highest BCUT2D eigenvalue weighted by atomic mass is 79.9. The molecular weight excluding hydrogens is 500 g/mol. The van der Waals surface area contributed by atoms with Gasteiger partial charge in [0.05, 0.1) is 18.2 Å². The highest BCUT2D eigenvalue weighted by Crippen LogP contribution is 2.51. The van der Waals surface area contributed by atoms with E-state index in [0.29, 0.717) is 18.2 Å². The summed E-state index contributed by atoms with van der Waals surface area (Å²) >= 11 is 3.61. The van der Waals surface area contributed by atoms with Gasteiger partial charge in [0.2, 0.25) is 5.88 Å². The molecule has 2 unspecified atom stereocenters. The third-order valence-corrected chi connectivity index (χ3v) is 7.87. The molecule has 0 radical (unpaired) electrons. The van der Waals surface area contributed by atoms with E-state index in [-0.39, 0.29) is 5.92 Å². The van der Waals surface area contributed by atoms with Crippen LogP contribution in [0.15, 0.2) is 71.2 Å². The molecule has 35 heavy (non-hydrogen) atoms. The van der Waals surface area contributed by atoms with Crippen molar-refractivity contribution in [2.75, 3.05) is 27.7 Å². The van der Waals surface area contributed by atoms with Crippen LogP contribution in [-0.2, 0) is 5.60 Å². The molecule has 1 heterocycles. The summed E-state index contributed by atoms with van der Waals surface area (Å²) in [6, 6.07) is 22.9. The maximum absolute atomic E-state index is 12.8. The molecule has 4 nitrogen and oxygen atoms in total. The fourth-order valence-electron chi connectivity index (χ4n) is 5.32. The van der Waals surface area contributed by atoms with Crippen molar-refractivity contribution in [2.45, 2.75) is 37.2 Å². The van der Waals surface area contributed by atoms with Crippen LogP contribution in [0.5, 0.6) is 5.88 Å². The highest BCUT2D eigenvalue weighted by molar-refractivity contribution is 9.10. The van der Waals surface area contributed by atoms with Gasteiger partial charge in [-0.3, -0.25) is 0 Å². The Kier molecular flexibility index (Phi) is 6.84. The molecule has 0 spiro atoms. The van der Waals surface area contributed by atoms with Crippen molar-refractivity contribution in [3.63, 3.8) is 0 Å². The van der Waals surface area contributed by atoms with E-state index in [0.717, 1.165) is 50.2 Å². The molecule has 1 fully saturated rings. The lowest BCUT2D eigenvalue weighted by Gasteiger charge is -2.39. The van der Waals surface area contributed by atoms with Crippen LogP contribution in [-0.4, -0.2) is 42.7 Å². The largest absolute Gasteiger partial charge is 0.481 e. The van der Waals surface area contributed by atoms with Crippen molar-refractivity contribution in [2.24, 2.45) is 5.92 Å². The number of halogens is 1. The molecule has 0 bridgehead atoms. The minimum absolute atomic E-state index is 0.147. The number of fused-ring (bicyclic) bond motifs is 2. The van der Waals surface area contributed by atoms with Gasteiger partial charge in [0, 0.05) is 27.9 Å². The second kappa shape index (κ2) is 9.88. The van der Waals surface area contributed by atoms with Gasteiger partial charge >= 0.3 is 0 Å². The molecule has 1 saturated carbocycles. The molecule has 1 aliphatic rings. The first-order chi connectivity index (χ1) is 16.9. The number of benzene rings is 3. The lowest BCUT2D eigenvalue weighted by molar-refractivity contribution is -0.0108. The van der Waals surface area contributed by atoms with Gasteiger partial charge in [-0.1, -0.05) is 71.2 Å². The number of hydrogen-bond donors (Lipinski definition) is 1. The smallest absolute Gasteiger partial charge is 0.217 e. The Hall–Kier alpha value is -2.47. The summed E-state index contributed by atoms with van der Waals surface area (Å²) in [7, 11) is 5.81. The Labute approximate surface area is 216 Å². The fraction of sp³-hybridized carbons (Fsp3) is 0.367. The standard InChI is InChI=1S/C30H33BrN2O2/c1-33(2)16-15-30(34,26-10-6-8-21-7-4-5-9-24(21)26)27(17-20-11-12-20)25-19-22-18-23(31)13-14-28(22)32-29(25)35-3/h4-10,13-14,18-20,27,34H,11-12,15-17H2,1-3H3. The minimum atomic E-state index is -1.08. The van der Waals surface area contributed by atoms with Crippen LogP contribution in [0, 0.1) is 5.92 Å². The van der Waals surface area contributed by atoms with Crippen LogP contribution >= 0.6 is 15.9 Å². The van der Waals surface area contributed by atoms with Crippen molar-refractivity contribution >= 4 is 37.6 Å². The Morgan fingerprint density at radius 2 is 1.83 bits per heavy atom. The molecule has 2 atom stereocenters. The monoisotopic (exact) mass is 532 g/mol. The van der Waals surface area contributed by atoms with Gasteiger partial charge in [0.15, 0.2) is 0 Å². The molecule has 1 aliphatic carbocycles. The SMILES string of the molecule is COc1nc2ccc(Br)cc2cc1C(CC1CC1)C(O)(CCN(C)C)c1cccc2ccccc12. The molecular formula is C30H33BrN2O2. The van der Waals surface area contributed by atoms with Crippen LogP contribution in [0.4, 0.5) is 0 Å². The van der Waals surface area contributed by atoms with Crippen LogP contribution in [0.3, 0.4) is 0 Å². The Bertz CT molecular complexity index is 1350. The number of aliphatic hydroxyl groups is 1. The number of methoxy groups -OCH3 is 1. The van der Waals surface area contributed by atoms with Crippen LogP contribution in [0.1, 0.15) is 42.7 Å². The number of pyridine rings is 1. The molecule has 0 saturated heterocycles. The lowest BCUT2D eigenvalue weighted by atomic mass is 9.71. The predicted molar refractivity (Wildman–Crippen MR) is 147 cm³/mol. The minimum Gasteiger partial charge on any atom is -0.481 e. The van der Waals surface area contributed by atoms with Gasteiger partial charge < -0.3 is 14.7 Å². The summed E-state index contributed by atoms with van der Waals surface area (Å²) in [6.07, 6.45) is 3.95. The molecule has 182 valence electrons. The Balaban J connectivity index is 1.74. The first kappa shape index (κ1) is 24.2. The number of ether oxygens (including phenoxy) is 1. The molecule has 3 aromatic carbocycles. The van der Waals surface area contributed by atoms with Gasteiger partial charge in [-0.2, -0.15) is 0 Å². The van der Waals surface area contributed by atoms with E-state index in [1.54, 1.807) is 7.11 Å². The van der Waals surface area contributed by atoms with Crippen LogP contribution < -0.4 is 4.74 Å². The zero-order valence-electron chi connectivity index (χ0n) is 20.7. The summed E-state index contributed by atoms with van der Waals surface area (Å²) in [5.74, 6) is 1.07. The number of rotatable bonds is 9. The molecule has 1 aromatic heterocycles. The van der Waals surface area contributed by atoms with Crippen molar-refractivity contribution in [1.82, 2.24) is 9.88 Å². The molecule has 0 amide bonds. The molecule has 1 N–H and O–H groups in total. The summed E-state index contributed by atoms with van der Waals surface area (Å²) in [6.45, 7) is 0.774. The van der Waals surface area contributed by atoms with Gasteiger partial charge in [0.1, 0.15) is 0 Å². The zero-order chi connectivity index (χ0) is 24.6. The second-order valence-corrected chi connectivity index (χ2v) is 11.1. The summed E-state index contributed by atoms with van der Waals surface area (Å²) < 4.78 is 6.88. The summed E-state index contributed by atoms with van der Waals surface area (Å²) in [5, 5.41) is 16.1. The quantitative estimate of drug-likeness (QED) is 0.255. The number of aromatic nitrogens is 1. The summed E-state index contributed by atoms with van der Waals surface area (Å²) in [4.78, 5) is 7.03. The van der Waals surface area contributed by atoms with E-state index < -0.39 is 5.60 Å². The maximum Gasteiger partial charge on any atom is 0.217 e. The van der Waals surface area contributed by atoms with Crippen molar-refractivity contribution in [1.29, 1.82) is 0 Å². The van der Waals surface area contributed by atoms with Gasteiger partial charge in [-0.15, -0.1) is 0 Å². The fourth-order valence-corrected chi connectivity index (χ4v) is 5.70. The summed E-state index contributed by atoms with van der Waals surface area (Å²) in [5.41, 5.74) is 1.78. The van der Waals surface area contributed by atoms with E-state index in [9.17, 15) is 5.11 Å². The average Bonchev–Trinajstić information content (AvgIpc) is 3.69. The van der Waals surface area contributed by atoms with E-state index in [1.807, 2.05) is 12.1 Å². The number of hydrogen-bond acceptors (Lipinski definition) is 4. The molecule has 5 heteroatoms. The maximum atomic E-state index is 12.8. The first-order valence-electron chi connectivity index (χ1n) is 12.4. The van der Waals surface area contributed by atoms with Gasteiger partial charge in [-0.05, 0) is 73.5 Å². The predicted octanol–water partition coefficient (Wildman–Crippen LogP) is 6.88. The number of nitrogens with zero attached hydrogens (tertiary/aromatic N) is 2. The Morgan fingerprint density at radius 3 is 2.57 bits per heavy atom. The third kappa shape index (κ3) is 4.95. The van der Waals surface area contributed by atoms with Crippen LogP contribution in [0.25, 0.3) is 21.7 Å². The topological polar surface area (TPSA) is 45.6 Å². The van der Waals surface area contributed by atoms with Crippen molar-refractivity contribution in [3.8, 4) is 5.88 Å².